The van der Waals surface area contributed by atoms with Gasteiger partial charge >= 0.3 is 0 Å². The lowest BCUT2D eigenvalue weighted by Crippen LogP contribution is -2.14. The molecular weight excluding hydrogens is 423 g/mol. The van der Waals surface area contributed by atoms with Crippen LogP contribution in [0.3, 0.4) is 0 Å². The SMILES string of the molecule is COc1cc2nccc(On3c(C(=O)c4ccc(F)cc4)cc4ccccc43)c2cc1OC. The molecule has 0 unspecified atom stereocenters. The van der Waals surface area contributed by atoms with E-state index in [1.54, 1.807) is 44.7 Å². The fourth-order valence-corrected chi connectivity index (χ4v) is 3.76. The van der Waals surface area contributed by atoms with Gasteiger partial charge in [0.05, 0.1) is 25.3 Å². The van der Waals surface area contributed by atoms with E-state index in [1.807, 2.05) is 24.3 Å². The van der Waals surface area contributed by atoms with Gasteiger partial charge in [-0.2, -0.15) is 4.73 Å². The average Bonchev–Trinajstić information content (AvgIpc) is 3.21. The van der Waals surface area contributed by atoms with Crippen LogP contribution < -0.4 is 14.3 Å². The van der Waals surface area contributed by atoms with Gasteiger partial charge in [-0.05, 0) is 42.5 Å². The zero-order valence-corrected chi connectivity index (χ0v) is 17.9. The maximum Gasteiger partial charge on any atom is 0.212 e. The number of fused-ring (bicyclic) bond motifs is 2. The summed E-state index contributed by atoms with van der Waals surface area (Å²) < 4.78 is 25.7. The number of nitrogens with zero attached hydrogens (tertiary/aromatic N) is 2. The molecule has 164 valence electrons. The molecule has 0 aliphatic rings. The molecule has 0 saturated carbocycles. The fourth-order valence-electron chi connectivity index (χ4n) is 3.76. The Morgan fingerprint density at radius 1 is 0.879 bits per heavy atom. The van der Waals surface area contributed by atoms with Crippen molar-refractivity contribution in [1.29, 1.82) is 0 Å². The Kier molecular flexibility index (Phi) is 5.14. The quantitative estimate of drug-likeness (QED) is 0.329. The number of aromatic nitrogens is 2. The van der Waals surface area contributed by atoms with E-state index in [0.29, 0.717) is 44.9 Å². The standard InChI is InChI=1S/C26H19FN2O4/c1-31-24-14-19-20(15-25(24)32-2)28-12-11-23(19)33-29-21-6-4-3-5-17(21)13-22(29)26(30)16-7-9-18(27)10-8-16/h3-15H,1-2H3. The minimum absolute atomic E-state index is 0.288. The van der Waals surface area contributed by atoms with Crippen molar-refractivity contribution in [2.75, 3.05) is 14.2 Å². The molecule has 6 nitrogen and oxygen atoms in total. The van der Waals surface area contributed by atoms with Crippen LogP contribution in [0.25, 0.3) is 21.8 Å². The molecule has 0 radical (unpaired) electrons. The summed E-state index contributed by atoms with van der Waals surface area (Å²) in [4.78, 5) is 24.0. The second-order valence-electron chi connectivity index (χ2n) is 7.34. The monoisotopic (exact) mass is 442 g/mol. The number of rotatable bonds is 6. The Bertz CT molecular complexity index is 1490. The second kappa shape index (κ2) is 8.27. The lowest BCUT2D eigenvalue weighted by Gasteiger charge is -2.15. The number of hydrogen-bond acceptors (Lipinski definition) is 5. The van der Waals surface area contributed by atoms with Crippen LogP contribution in [0.2, 0.25) is 0 Å². The summed E-state index contributed by atoms with van der Waals surface area (Å²) in [6.45, 7) is 0. The van der Waals surface area contributed by atoms with Gasteiger partial charge in [0.25, 0.3) is 0 Å². The van der Waals surface area contributed by atoms with E-state index in [0.717, 1.165) is 5.39 Å². The zero-order chi connectivity index (χ0) is 22.9. The molecule has 33 heavy (non-hydrogen) atoms. The van der Waals surface area contributed by atoms with Crippen LogP contribution >= 0.6 is 0 Å². The van der Waals surface area contributed by atoms with E-state index in [-0.39, 0.29) is 5.78 Å². The number of methoxy groups -OCH3 is 2. The summed E-state index contributed by atoms with van der Waals surface area (Å²) in [5.74, 6) is 0.867. The highest BCUT2D eigenvalue weighted by molar-refractivity contribution is 6.10. The number of halogens is 1. The number of hydrogen-bond donors (Lipinski definition) is 0. The van der Waals surface area contributed by atoms with E-state index < -0.39 is 5.82 Å². The summed E-state index contributed by atoms with van der Waals surface area (Å²) in [7, 11) is 3.11. The Morgan fingerprint density at radius 3 is 2.36 bits per heavy atom. The van der Waals surface area contributed by atoms with Crippen molar-refractivity contribution in [2.24, 2.45) is 0 Å². The first-order valence-electron chi connectivity index (χ1n) is 10.2. The Morgan fingerprint density at radius 2 is 1.61 bits per heavy atom. The summed E-state index contributed by atoms with van der Waals surface area (Å²) in [5.41, 5.74) is 2.03. The highest BCUT2D eigenvalue weighted by Gasteiger charge is 2.20. The molecule has 2 aromatic heterocycles. The number of ether oxygens (including phenoxy) is 2. The molecule has 0 bridgehead atoms. The lowest BCUT2D eigenvalue weighted by atomic mass is 10.1. The first-order valence-corrected chi connectivity index (χ1v) is 10.2. The predicted octanol–water partition coefficient (Wildman–Crippen LogP) is 5.42. The minimum Gasteiger partial charge on any atom is -0.493 e. The van der Waals surface area contributed by atoms with E-state index >= 15 is 0 Å². The van der Waals surface area contributed by atoms with Crippen LogP contribution in [0.15, 0.2) is 79.0 Å². The van der Waals surface area contributed by atoms with Gasteiger partial charge in [0.2, 0.25) is 5.78 Å². The van der Waals surface area contributed by atoms with Crippen molar-refractivity contribution >= 4 is 27.6 Å². The molecule has 0 atom stereocenters. The number of benzene rings is 3. The summed E-state index contributed by atoms with van der Waals surface area (Å²) >= 11 is 0. The van der Waals surface area contributed by atoms with Crippen molar-refractivity contribution in [3.63, 3.8) is 0 Å². The molecule has 0 spiro atoms. The highest BCUT2D eigenvalue weighted by Crippen LogP contribution is 2.36. The number of carbonyl (C=O) groups excluding carboxylic acids is 1. The molecular formula is C26H19FN2O4. The van der Waals surface area contributed by atoms with Crippen LogP contribution in [0, 0.1) is 5.82 Å². The molecule has 0 N–H and O–H groups in total. The molecule has 5 rings (SSSR count). The zero-order valence-electron chi connectivity index (χ0n) is 17.9. The predicted molar refractivity (Wildman–Crippen MR) is 123 cm³/mol. The molecule has 2 heterocycles. The van der Waals surface area contributed by atoms with E-state index in [9.17, 15) is 9.18 Å². The van der Waals surface area contributed by atoms with Crippen molar-refractivity contribution in [1.82, 2.24) is 9.71 Å². The molecule has 0 amide bonds. The van der Waals surface area contributed by atoms with Crippen molar-refractivity contribution in [2.45, 2.75) is 0 Å². The van der Waals surface area contributed by atoms with Crippen molar-refractivity contribution in [3.05, 3.63) is 96.1 Å². The topological polar surface area (TPSA) is 62.6 Å². The van der Waals surface area contributed by atoms with Gasteiger partial charge < -0.3 is 14.3 Å². The largest absolute Gasteiger partial charge is 0.493 e. The van der Waals surface area contributed by atoms with Crippen molar-refractivity contribution < 1.29 is 23.5 Å². The van der Waals surface area contributed by atoms with Crippen LogP contribution in [-0.2, 0) is 0 Å². The normalized spacial score (nSPS) is 11.0. The third kappa shape index (κ3) is 3.63. The van der Waals surface area contributed by atoms with Gasteiger partial charge in [-0.3, -0.25) is 9.78 Å². The molecule has 0 aliphatic heterocycles. The smallest absolute Gasteiger partial charge is 0.212 e. The Balaban J connectivity index is 1.66. The van der Waals surface area contributed by atoms with E-state index in [1.165, 1.54) is 29.0 Å². The molecule has 5 aromatic rings. The maximum atomic E-state index is 13.4. The number of pyridine rings is 1. The van der Waals surface area contributed by atoms with Gasteiger partial charge in [-0.15, -0.1) is 0 Å². The molecule has 0 saturated heterocycles. The number of carbonyl (C=O) groups is 1. The van der Waals surface area contributed by atoms with Gasteiger partial charge in [0.15, 0.2) is 17.2 Å². The summed E-state index contributed by atoms with van der Waals surface area (Å²) in [6.07, 6.45) is 1.62. The van der Waals surface area contributed by atoms with Crippen LogP contribution in [0.1, 0.15) is 16.1 Å². The highest BCUT2D eigenvalue weighted by atomic mass is 19.1. The number of ketones is 1. The van der Waals surface area contributed by atoms with Gasteiger partial charge in [-0.25, -0.2) is 4.39 Å². The van der Waals surface area contributed by atoms with E-state index in [2.05, 4.69) is 4.98 Å². The third-order valence-electron chi connectivity index (χ3n) is 5.40. The van der Waals surface area contributed by atoms with Crippen molar-refractivity contribution in [3.8, 4) is 17.2 Å². The third-order valence-corrected chi connectivity index (χ3v) is 5.40. The molecule has 3 aromatic carbocycles. The average molecular weight is 442 g/mol. The van der Waals surface area contributed by atoms with Gasteiger partial charge in [-0.1, -0.05) is 18.2 Å². The van der Waals surface area contributed by atoms with Gasteiger partial charge in [0.1, 0.15) is 11.5 Å². The first kappa shape index (κ1) is 20.5. The second-order valence-corrected chi connectivity index (χ2v) is 7.34. The maximum absolute atomic E-state index is 13.4. The van der Waals surface area contributed by atoms with Crippen LogP contribution in [-0.4, -0.2) is 29.7 Å². The van der Waals surface area contributed by atoms with Crippen LogP contribution in [0.4, 0.5) is 4.39 Å². The Hall–Kier alpha value is -4.39. The molecule has 0 fully saturated rings. The molecule has 7 heteroatoms. The van der Waals surface area contributed by atoms with Gasteiger partial charge in [0, 0.05) is 34.7 Å². The van der Waals surface area contributed by atoms with E-state index in [4.69, 9.17) is 14.3 Å². The fraction of sp³-hybridized carbons (Fsp3) is 0.0769. The minimum atomic E-state index is -0.407. The molecule has 0 aliphatic carbocycles. The Labute approximate surface area is 188 Å². The lowest BCUT2D eigenvalue weighted by molar-refractivity contribution is 0.100. The summed E-state index contributed by atoms with van der Waals surface area (Å²) in [6, 6.07) is 20.0. The number of para-hydroxylation sites is 1. The summed E-state index contributed by atoms with van der Waals surface area (Å²) in [5, 5.41) is 1.52. The van der Waals surface area contributed by atoms with Crippen LogP contribution in [0.5, 0.6) is 17.2 Å². The first-order chi connectivity index (χ1) is 16.1.